The highest BCUT2D eigenvalue weighted by Crippen LogP contribution is 2.33. The number of nitriles is 1. The fourth-order valence-electron chi connectivity index (χ4n) is 4.58. The molecule has 0 amide bonds. The Morgan fingerprint density at radius 3 is 2.24 bits per heavy atom. The van der Waals surface area contributed by atoms with E-state index in [0.29, 0.717) is 5.69 Å². The van der Waals surface area contributed by atoms with Gasteiger partial charge in [0.15, 0.2) is 5.69 Å². The third-order valence-electron chi connectivity index (χ3n) is 7.13. The highest BCUT2D eigenvalue weighted by molar-refractivity contribution is 7.92. The second-order valence-corrected chi connectivity index (χ2v) is 11.7. The van der Waals surface area contributed by atoms with Crippen LogP contribution in [0.5, 0.6) is 5.88 Å². The molecule has 3 rings (SSSR count). The predicted molar refractivity (Wildman–Crippen MR) is 159 cm³/mol. The summed E-state index contributed by atoms with van der Waals surface area (Å²) in [5.41, 5.74) is 0.150. The van der Waals surface area contributed by atoms with Crippen molar-refractivity contribution in [2.24, 2.45) is 16.1 Å². The number of aromatic nitrogens is 1. The van der Waals surface area contributed by atoms with Crippen LogP contribution in [0.3, 0.4) is 0 Å². The fraction of sp³-hybridized carbons (Fsp3) is 0.367. The molecule has 1 atom stereocenters. The molecule has 11 nitrogen and oxygen atoms in total. The summed E-state index contributed by atoms with van der Waals surface area (Å²) in [4.78, 5) is 24.1. The lowest BCUT2D eigenvalue weighted by molar-refractivity contribution is 0.0697. The first-order valence-electron chi connectivity index (χ1n) is 13.7. The highest BCUT2D eigenvalue weighted by atomic mass is 32.2. The van der Waals surface area contributed by atoms with E-state index in [0.717, 1.165) is 30.0 Å². The minimum atomic E-state index is -3.98. The van der Waals surface area contributed by atoms with Gasteiger partial charge in [-0.1, -0.05) is 33.1 Å². The molecular weight excluding hydrogens is 558 g/mol. The van der Waals surface area contributed by atoms with Gasteiger partial charge in [0.05, 0.1) is 21.8 Å². The molecule has 0 bridgehead atoms. The topological polar surface area (TPSA) is 165 Å². The van der Waals surface area contributed by atoms with Crippen molar-refractivity contribution in [3.05, 3.63) is 75.6 Å². The molecule has 2 aromatic carbocycles. The number of pyridine rings is 1. The average molecular weight is 594 g/mol. The van der Waals surface area contributed by atoms with Crippen molar-refractivity contribution in [1.29, 1.82) is 5.26 Å². The van der Waals surface area contributed by atoms with E-state index >= 15 is 0 Å². The zero-order valence-electron chi connectivity index (χ0n) is 24.1. The number of azo groups is 1. The van der Waals surface area contributed by atoms with Crippen molar-refractivity contribution < 1.29 is 23.4 Å². The maximum Gasteiger partial charge on any atom is 0.335 e. The minimum Gasteiger partial charge on any atom is -0.493 e. The zero-order valence-corrected chi connectivity index (χ0v) is 24.9. The summed E-state index contributed by atoms with van der Waals surface area (Å²) >= 11 is 0. The van der Waals surface area contributed by atoms with Gasteiger partial charge in [0, 0.05) is 18.7 Å². The Morgan fingerprint density at radius 1 is 1.07 bits per heavy atom. The van der Waals surface area contributed by atoms with E-state index < -0.39 is 21.6 Å². The lowest BCUT2D eigenvalue weighted by Gasteiger charge is -2.23. The maximum absolute atomic E-state index is 13.3. The van der Waals surface area contributed by atoms with Crippen LogP contribution in [-0.4, -0.2) is 35.7 Å². The first-order chi connectivity index (χ1) is 20.0. The molecule has 0 aliphatic rings. The molecule has 0 saturated heterocycles. The van der Waals surface area contributed by atoms with Crippen LogP contribution < -0.4 is 9.86 Å². The van der Waals surface area contributed by atoms with Crippen LogP contribution in [0.15, 0.2) is 68.4 Å². The van der Waals surface area contributed by atoms with E-state index in [4.69, 9.17) is 5.11 Å². The van der Waals surface area contributed by atoms with Crippen molar-refractivity contribution in [1.82, 2.24) is 4.57 Å². The van der Waals surface area contributed by atoms with E-state index in [-0.39, 0.29) is 57.8 Å². The summed E-state index contributed by atoms with van der Waals surface area (Å²) in [6, 6.07) is 13.1. The monoisotopic (exact) mass is 593 g/mol. The van der Waals surface area contributed by atoms with Crippen LogP contribution in [0.1, 0.15) is 67.9 Å². The number of aromatic carboxylic acids is 1. The fourth-order valence-corrected chi connectivity index (χ4v) is 6.06. The Bertz CT molecular complexity index is 1660. The van der Waals surface area contributed by atoms with Gasteiger partial charge in [0.1, 0.15) is 11.6 Å². The largest absolute Gasteiger partial charge is 0.493 e. The van der Waals surface area contributed by atoms with Crippen LogP contribution in [0.4, 0.5) is 17.1 Å². The molecule has 0 saturated carbocycles. The van der Waals surface area contributed by atoms with Crippen molar-refractivity contribution in [3.63, 3.8) is 0 Å². The third-order valence-corrected chi connectivity index (χ3v) is 9.05. The van der Waals surface area contributed by atoms with Gasteiger partial charge in [-0.2, -0.15) is 10.4 Å². The molecule has 0 fully saturated rings. The molecule has 1 unspecified atom stereocenters. The smallest absolute Gasteiger partial charge is 0.335 e. The highest BCUT2D eigenvalue weighted by Gasteiger charge is 2.24. The van der Waals surface area contributed by atoms with E-state index in [9.17, 15) is 28.4 Å². The number of nitrogens with zero attached hydrogens (tertiary/aromatic N) is 5. The van der Waals surface area contributed by atoms with Crippen LogP contribution in [0, 0.1) is 24.2 Å². The summed E-state index contributed by atoms with van der Waals surface area (Å²) in [6.07, 6.45) is 3.67. The first kappa shape index (κ1) is 32.0. The van der Waals surface area contributed by atoms with Crippen LogP contribution in [0.25, 0.3) is 0 Å². The van der Waals surface area contributed by atoms with E-state index in [1.807, 2.05) is 13.0 Å². The Morgan fingerprint density at radius 2 is 1.71 bits per heavy atom. The lowest BCUT2D eigenvalue weighted by Crippen LogP contribution is -2.30. The summed E-state index contributed by atoms with van der Waals surface area (Å²) in [5.74, 6) is -1.35. The number of carbonyl (C=O) groups is 1. The molecule has 2 N–H and O–H groups in total. The van der Waals surface area contributed by atoms with Crippen molar-refractivity contribution in [2.75, 3.05) is 10.8 Å². The maximum atomic E-state index is 13.3. The second kappa shape index (κ2) is 13.9. The number of benzene rings is 2. The normalized spacial score (nSPS) is 12.3. The van der Waals surface area contributed by atoms with Crippen LogP contribution in [0.2, 0.25) is 0 Å². The molecule has 42 heavy (non-hydrogen) atoms. The Balaban J connectivity index is 1.93. The Kier molecular flexibility index (Phi) is 10.6. The van der Waals surface area contributed by atoms with Gasteiger partial charge < -0.3 is 10.2 Å². The number of carboxylic acids is 1. The quantitative estimate of drug-likeness (QED) is 0.220. The van der Waals surface area contributed by atoms with Gasteiger partial charge in [-0.15, -0.1) is 5.11 Å². The van der Waals surface area contributed by atoms with E-state index in [2.05, 4.69) is 17.2 Å². The van der Waals surface area contributed by atoms with Crippen molar-refractivity contribution >= 4 is 33.1 Å². The molecule has 1 aromatic heterocycles. The molecule has 3 aromatic rings. The Hall–Kier alpha value is -4.50. The summed E-state index contributed by atoms with van der Waals surface area (Å²) in [7, 11) is -3.98. The molecule has 1 heterocycles. The molecular formula is C30H35N5O6S. The van der Waals surface area contributed by atoms with E-state index in [1.54, 1.807) is 6.92 Å². The number of carboxylic acid groups (broad SMARTS) is 1. The third kappa shape index (κ3) is 6.86. The van der Waals surface area contributed by atoms with Gasteiger partial charge in [0.25, 0.3) is 15.6 Å². The summed E-state index contributed by atoms with van der Waals surface area (Å²) in [6.45, 7) is 7.65. The average Bonchev–Trinajstić information content (AvgIpc) is 2.97. The summed E-state index contributed by atoms with van der Waals surface area (Å²) in [5, 5.41) is 38.0. The number of rotatable bonds is 13. The Labute approximate surface area is 245 Å². The van der Waals surface area contributed by atoms with Gasteiger partial charge in [0.2, 0.25) is 5.88 Å². The molecule has 12 heteroatoms. The molecule has 0 aliphatic carbocycles. The second-order valence-electron chi connectivity index (χ2n) is 9.83. The number of hydrogen-bond acceptors (Lipinski definition) is 8. The van der Waals surface area contributed by atoms with Gasteiger partial charge in [-0.25, -0.2) is 13.2 Å². The molecule has 0 spiro atoms. The SMILES string of the molecule is CCCCC(CC)Cn1c(O)c(/N=N/c2ccc(S(=O)(=O)N(CC)c3ccc(C(=O)O)cc3)cc2)c(C)c(C#N)c1=O. The van der Waals surface area contributed by atoms with Gasteiger partial charge in [-0.05, 0) is 74.7 Å². The van der Waals surface area contributed by atoms with Crippen LogP contribution in [-0.2, 0) is 16.6 Å². The summed E-state index contributed by atoms with van der Waals surface area (Å²) < 4.78 is 29.0. The zero-order chi connectivity index (χ0) is 31.0. The minimum absolute atomic E-state index is 0.00448. The van der Waals surface area contributed by atoms with E-state index in [1.165, 1.54) is 60.0 Å². The van der Waals surface area contributed by atoms with Crippen molar-refractivity contribution in [3.8, 4) is 11.9 Å². The number of aromatic hydroxyl groups is 1. The predicted octanol–water partition coefficient (Wildman–Crippen LogP) is 6.28. The molecule has 0 radical (unpaired) electrons. The standard InChI is InChI=1S/C30H35N5O6S/c1-5-8-9-21(6-2)19-34-28(36)26(18-31)20(4)27(29(34)37)33-32-23-12-16-25(17-13-23)42(40,41)35(7-3)24-14-10-22(11-15-24)30(38)39/h10-17,21,37H,5-9,19H2,1-4H3,(H,38,39)/b33-32+. The molecule has 0 aliphatic heterocycles. The molecule has 222 valence electrons. The number of sulfonamides is 1. The number of unbranched alkanes of at least 4 members (excludes halogenated alkanes) is 1. The van der Waals surface area contributed by atoms with Crippen molar-refractivity contribution in [2.45, 2.75) is 64.8 Å². The number of anilines is 1. The van der Waals surface area contributed by atoms with Gasteiger partial charge in [-0.3, -0.25) is 13.7 Å². The van der Waals surface area contributed by atoms with Crippen LogP contribution >= 0.6 is 0 Å². The number of hydrogen-bond donors (Lipinski definition) is 2. The first-order valence-corrected chi connectivity index (χ1v) is 15.2. The van der Waals surface area contributed by atoms with Gasteiger partial charge >= 0.3 is 5.97 Å². The lowest BCUT2D eigenvalue weighted by atomic mass is 9.99.